The van der Waals surface area contributed by atoms with Crippen LogP contribution in [0.15, 0.2) is 66.9 Å². The van der Waals surface area contributed by atoms with E-state index in [1.807, 2.05) is 95.4 Å². The minimum Gasteiger partial charge on any atom is -0.458 e. The van der Waals surface area contributed by atoms with Gasteiger partial charge in [0.15, 0.2) is 17.7 Å². The molecule has 6 rings (SSSR count). The first kappa shape index (κ1) is 49.0. The quantitative estimate of drug-likeness (QED) is 0.149. The maximum absolute atomic E-state index is 15.0. The molecule has 14 heteroatoms. The number of aliphatic hydroxyl groups excluding tert-OH is 1. The van der Waals surface area contributed by atoms with E-state index in [1.165, 1.54) is 14.0 Å². The van der Waals surface area contributed by atoms with E-state index in [0.717, 1.165) is 22.2 Å². The Labute approximate surface area is 378 Å². The van der Waals surface area contributed by atoms with E-state index in [0.29, 0.717) is 25.9 Å². The van der Waals surface area contributed by atoms with Gasteiger partial charge in [0.05, 0.1) is 41.3 Å². The van der Waals surface area contributed by atoms with Crippen molar-refractivity contribution >= 4 is 40.2 Å². The van der Waals surface area contributed by atoms with Crippen LogP contribution in [0.25, 0.3) is 10.9 Å². The zero-order valence-corrected chi connectivity index (χ0v) is 39.6. The first-order valence-corrected chi connectivity index (χ1v) is 22.9. The van der Waals surface area contributed by atoms with Gasteiger partial charge < -0.3 is 43.5 Å². The van der Waals surface area contributed by atoms with Crippen molar-refractivity contribution in [2.24, 2.45) is 23.7 Å². The van der Waals surface area contributed by atoms with Gasteiger partial charge in [0.2, 0.25) is 0 Å². The summed E-state index contributed by atoms with van der Waals surface area (Å²) in [5.41, 5.74) is 0.215. The van der Waals surface area contributed by atoms with E-state index < -0.39 is 83.4 Å². The standard InChI is InChI=1S/C50H70N4O10/c1-12-40-50(8)44(54(48(59)64-50)24-18-23-53(29-35-19-14-13-15-20-35)37-26-36-21-16-17-22-38(36)51-28-37)32(4)41(55)30(2)27-49(7,60-11)45(33(5)42(56)34(6)46(58)62-40)63-47-43(57)39(52(9)10)25-31(3)61-47/h13-17,19-22,26,28,30-34,39-40,43-45,47,57H,12,18,23-25,27,29H2,1-11H3/t30-,31-,32+,33+,34-,39+,40-,43-,44-,45-,47+,49-,50-/m1/s1. The van der Waals surface area contributed by atoms with Gasteiger partial charge in [0.25, 0.3) is 0 Å². The average Bonchev–Trinajstić information content (AvgIpc) is 3.54. The maximum Gasteiger partial charge on any atom is 0.410 e. The lowest BCUT2D eigenvalue weighted by Crippen LogP contribution is -2.60. The number of aromatic nitrogens is 1. The molecule has 0 bridgehead atoms. The monoisotopic (exact) mass is 887 g/mol. The third kappa shape index (κ3) is 10.2. The summed E-state index contributed by atoms with van der Waals surface area (Å²) in [7, 11) is 5.25. The van der Waals surface area contributed by atoms with Crippen LogP contribution in [0.5, 0.6) is 0 Å². The summed E-state index contributed by atoms with van der Waals surface area (Å²) in [6, 6.07) is 19.1. The highest BCUT2D eigenvalue weighted by Crippen LogP contribution is 2.43. The molecular weight excluding hydrogens is 817 g/mol. The molecular formula is C50H70N4O10. The van der Waals surface area contributed by atoms with Crippen molar-refractivity contribution in [3.05, 3.63) is 72.4 Å². The molecule has 0 spiro atoms. The summed E-state index contributed by atoms with van der Waals surface area (Å²) in [6.45, 7) is 15.4. The summed E-state index contributed by atoms with van der Waals surface area (Å²) in [6.07, 6.45) is -1.78. The minimum absolute atomic E-state index is 0.118. The smallest absolute Gasteiger partial charge is 0.410 e. The fourth-order valence-electron chi connectivity index (χ4n) is 10.5. The number of anilines is 1. The summed E-state index contributed by atoms with van der Waals surface area (Å²) < 4.78 is 31.5. The number of hydrogen-bond acceptors (Lipinski definition) is 13. The Bertz CT molecular complexity index is 2100. The number of carbonyl (C=O) groups is 4. The lowest BCUT2D eigenvalue weighted by atomic mass is 9.73. The molecule has 13 atom stereocenters. The van der Waals surface area contributed by atoms with Crippen molar-refractivity contribution in [1.82, 2.24) is 14.8 Å². The number of Topliss-reactive ketones (excluding diaryl/α,β-unsaturated/α-hetero) is 2. The van der Waals surface area contributed by atoms with E-state index in [4.69, 9.17) is 28.7 Å². The Morgan fingerprint density at radius 1 is 0.938 bits per heavy atom. The average molecular weight is 887 g/mol. The molecule has 3 aliphatic heterocycles. The number of cyclic esters (lactones) is 1. The van der Waals surface area contributed by atoms with Gasteiger partial charge in [-0.25, -0.2) is 4.79 Å². The molecule has 14 nitrogen and oxygen atoms in total. The molecule has 3 aromatic rings. The van der Waals surface area contributed by atoms with E-state index in [2.05, 4.69) is 23.1 Å². The second kappa shape index (κ2) is 20.4. The highest BCUT2D eigenvalue weighted by molar-refractivity contribution is 6.00. The molecule has 350 valence electrons. The Morgan fingerprint density at radius 3 is 2.30 bits per heavy atom. The number of para-hydroxylation sites is 1. The number of aliphatic hydroxyl groups is 1. The molecule has 0 unspecified atom stereocenters. The van der Waals surface area contributed by atoms with Crippen LogP contribution in [0.4, 0.5) is 10.5 Å². The second-order valence-corrected chi connectivity index (χ2v) is 19.0. The molecule has 0 radical (unpaired) electrons. The van der Waals surface area contributed by atoms with Crippen LogP contribution >= 0.6 is 0 Å². The first-order valence-electron chi connectivity index (χ1n) is 22.9. The van der Waals surface area contributed by atoms with Crippen molar-refractivity contribution < 1.29 is 48.0 Å². The van der Waals surface area contributed by atoms with Crippen molar-refractivity contribution in [2.75, 3.05) is 39.2 Å². The number of ketones is 2. The molecule has 1 N–H and O–H groups in total. The van der Waals surface area contributed by atoms with Gasteiger partial charge in [-0.3, -0.25) is 19.4 Å². The fourth-order valence-corrected chi connectivity index (χ4v) is 10.5. The van der Waals surface area contributed by atoms with E-state index >= 15 is 0 Å². The third-order valence-electron chi connectivity index (χ3n) is 14.1. The summed E-state index contributed by atoms with van der Waals surface area (Å²) in [4.78, 5) is 68.2. The zero-order valence-electron chi connectivity index (χ0n) is 39.6. The van der Waals surface area contributed by atoms with Gasteiger partial charge in [-0.1, -0.05) is 76.2 Å². The number of rotatable bonds is 12. The number of amides is 1. The summed E-state index contributed by atoms with van der Waals surface area (Å²) in [5, 5.41) is 12.5. The minimum atomic E-state index is -1.44. The number of fused-ring (bicyclic) bond motifs is 2. The van der Waals surface area contributed by atoms with Crippen LogP contribution in [0.1, 0.15) is 86.6 Å². The molecule has 3 aliphatic rings. The number of carbonyl (C=O) groups excluding carboxylic acids is 4. The number of hydrogen-bond donors (Lipinski definition) is 1. The fraction of sp³-hybridized carbons (Fsp3) is 0.620. The SMILES string of the molecule is CC[C@H]1OC(=O)[C@H](C)C(=O)[C@H](C)[C@@H](O[C@@H]2O[C@H](C)C[C@H](N(C)C)[C@H]2O)[C@](C)(OC)C[C@@H](C)C(=O)[C@H](C)[C@H]2N(CCCN(Cc3ccccc3)c3cnc4ccccc4c3)C(=O)O[C@]12C. The van der Waals surface area contributed by atoms with Gasteiger partial charge >= 0.3 is 12.1 Å². The lowest BCUT2D eigenvalue weighted by Gasteiger charge is -2.47. The van der Waals surface area contributed by atoms with Crippen molar-refractivity contribution in [3.8, 4) is 0 Å². The third-order valence-corrected chi connectivity index (χ3v) is 14.1. The number of pyridine rings is 1. The molecule has 1 aromatic heterocycles. The van der Waals surface area contributed by atoms with E-state index in [-0.39, 0.29) is 37.3 Å². The Morgan fingerprint density at radius 2 is 1.62 bits per heavy atom. The van der Waals surface area contributed by atoms with Crippen LogP contribution in [-0.2, 0) is 44.6 Å². The number of nitrogens with zero attached hydrogens (tertiary/aromatic N) is 4. The van der Waals surface area contributed by atoms with E-state index in [1.54, 1.807) is 25.7 Å². The number of ether oxygens (including phenoxy) is 5. The predicted octanol–water partition coefficient (Wildman–Crippen LogP) is 6.84. The number of methoxy groups -OCH3 is 1. The Hall–Kier alpha value is -4.47. The molecule has 64 heavy (non-hydrogen) atoms. The Kier molecular flexibility index (Phi) is 15.6. The van der Waals surface area contributed by atoms with Crippen molar-refractivity contribution in [1.29, 1.82) is 0 Å². The van der Waals surface area contributed by atoms with Gasteiger partial charge in [0, 0.05) is 55.9 Å². The molecule has 3 saturated heterocycles. The maximum atomic E-state index is 15.0. The van der Waals surface area contributed by atoms with Gasteiger partial charge in [0.1, 0.15) is 23.9 Å². The molecule has 4 heterocycles. The number of likely N-dealkylation sites (N-methyl/N-ethyl adjacent to an activating group) is 1. The highest BCUT2D eigenvalue weighted by Gasteiger charge is 2.60. The van der Waals surface area contributed by atoms with Crippen LogP contribution in [-0.4, -0.2) is 132 Å². The number of esters is 1. The van der Waals surface area contributed by atoms with Gasteiger partial charge in [-0.05, 0) is 85.2 Å². The summed E-state index contributed by atoms with van der Waals surface area (Å²) >= 11 is 0. The largest absolute Gasteiger partial charge is 0.458 e. The normalized spacial score (nSPS) is 34.3. The van der Waals surface area contributed by atoms with Crippen molar-refractivity contribution in [3.63, 3.8) is 0 Å². The summed E-state index contributed by atoms with van der Waals surface area (Å²) in [5.74, 6) is -5.05. The molecule has 1 amide bonds. The molecule has 0 saturated carbocycles. The highest BCUT2D eigenvalue weighted by atomic mass is 16.7. The predicted molar refractivity (Wildman–Crippen MR) is 243 cm³/mol. The van der Waals surface area contributed by atoms with Gasteiger partial charge in [-0.15, -0.1) is 0 Å². The van der Waals surface area contributed by atoms with E-state index in [9.17, 15) is 24.3 Å². The molecule has 0 aliphatic carbocycles. The molecule has 3 fully saturated rings. The lowest BCUT2D eigenvalue weighted by molar-refractivity contribution is -0.295. The van der Waals surface area contributed by atoms with Crippen LogP contribution < -0.4 is 4.90 Å². The van der Waals surface area contributed by atoms with Crippen LogP contribution in [0.2, 0.25) is 0 Å². The Balaban J connectivity index is 1.32. The number of benzene rings is 2. The first-order chi connectivity index (χ1) is 30.3. The second-order valence-electron chi connectivity index (χ2n) is 19.0. The van der Waals surface area contributed by atoms with Crippen molar-refractivity contribution in [2.45, 2.75) is 142 Å². The van der Waals surface area contributed by atoms with Crippen LogP contribution in [0.3, 0.4) is 0 Å². The van der Waals surface area contributed by atoms with Crippen LogP contribution in [0, 0.1) is 23.7 Å². The zero-order chi connectivity index (χ0) is 46.7. The topological polar surface area (TPSA) is 157 Å². The van der Waals surface area contributed by atoms with Gasteiger partial charge in [-0.2, -0.15) is 0 Å². The molecule has 2 aromatic carbocycles.